The number of carbonyl (C=O) groups is 2. The normalized spacial score (nSPS) is 22.6. The van der Waals surface area contributed by atoms with Crippen molar-refractivity contribution in [3.05, 3.63) is 67.8 Å². The summed E-state index contributed by atoms with van der Waals surface area (Å²) in [5.74, 6) is -5.87. The number of allylic oxidation sites excluding steroid dienone is 1. The van der Waals surface area contributed by atoms with Gasteiger partial charge in [-0.1, -0.05) is 47.6 Å². The average molecular weight is 531 g/mol. The number of carbonyl (C=O) groups excluding carboxylic acids is 2. The molecule has 12 heteroatoms. The summed E-state index contributed by atoms with van der Waals surface area (Å²) in [6.45, 7) is 1.63. The van der Waals surface area contributed by atoms with Gasteiger partial charge in [0.2, 0.25) is 5.72 Å². The molecular weight excluding hydrogens is 513 g/mol. The predicted octanol–water partition coefficient (Wildman–Crippen LogP) is 4.87. The molecule has 0 aliphatic carbocycles. The number of ether oxygens (including phenoxy) is 1. The molecule has 0 fully saturated rings. The highest BCUT2D eigenvalue weighted by Gasteiger charge is 2.66. The number of hydrogen-bond donors (Lipinski definition) is 2. The van der Waals surface area contributed by atoms with E-state index in [1.54, 1.807) is 13.0 Å². The smallest absolute Gasteiger partial charge is 0.437 e. The van der Waals surface area contributed by atoms with Crippen LogP contribution in [0.25, 0.3) is 0 Å². The first-order valence-electron chi connectivity index (χ1n) is 9.87. The Morgan fingerprint density at radius 1 is 1.32 bits per heavy atom. The van der Waals surface area contributed by atoms with Crippen LogP contribution in [0.3, 0.4) is 0 Å². The van der Waals surface area contributed by atoms with Crippen molar-refractivity contribution >= 4 is 46.5 Å². The Hall–Kier alpha value is -2.52. The third-order valence-electron chi connectivity index (χ3n) is 5.12. The van der Waals surface area contributed by atoms with Crippen molar-refractivity contribution in [2.45, 2.75) is 24.7 Å². The van der Waals surface area contributed by atoms with Crippen molar-refractivity contribution in [2.24, 2.45) is 5.92 Å². The van der Waals surface area contributed by atoms with Gasteiger partial charge in [-0.2, -0.15) is 18.4 Å². The highest BCUT2D eigenvalue weighted by Crippen LogP contribution is 2.52. The number of nitrogens with one attached hydrogen (secondary N) is 1. The topological polar surface area (TPSA) is 99.4 Å². The van der Waals surface area contributed by atoms with E-state index < -0.39 is 46.3 Å². The van der Waals surface area contributed by atoms with Crippen molar-refractivity contribution in [2.75, 3.05) is 12.4 Å². The van der Waals surface area contributed by atoms with Crippen molar-refractivity contribution in [1.82, 2.24) is 5.32 Å². The minimum absolute atomic E-state index is 0.0189. The average Bonchev–Trinajstić information content (AvgIpc) is 3.32. The van der Waals surface area contributed by atoms with E-state index in [0.717, 1.165) is 11.3 Å². The third-order valence-corrected chi connectivity index (χ3v) is 7.34. The van der Waals surface area contributed by atoms with E-state index in [-0.39, 0.29) is 27.6 Å². The summed E-state index contributed by atoms with van der Waals surface area (Å²) in [6.07, 6.45) is -5.33. The molecule has 1 aliphatic rings. The van der Waals surface area contributed by atoms with Gasteiger partial charge < -0.3 is 15.2 Å². The van der Waals surface area contributed by atoms with Gasteiger partial charge in [-0.15, -0.1) is 11.3 Å². The minimum Gasteiger partial charge on any atom is -0.465 e. The van der Waals surface area contributed by atoms with E-state index in [1.807, 2.05) is 11.4 Å². The lowest BCUT2D eigenvalue weighted by Crippen LogP contribution is -2.66. The first-order valence-corrected chi connectivity index (χ1v) is 12.1. The van der Waals surface area contributed by atoms with Crippen molar-refractivity contribution in [3.63, 3.8) is 0 Å². The van der Waals surface area contributed by atoms with E-state index in [0.29, 0.717) is 11.8 Å². The molecule has 2 aromatic rings. The van der Waals surface area contributed by atoms with E-state index in [4.69, 9.17) is 16.3 Å². The summed E-state index contributed by atoms with van der Waals surface area (Å²) >= 11 is 7.78. The molecule has 1 aromatic carbocycles. The molecule has 0 saturated carbocycles. The summed E-state index contributed by atoms with van der Waals surface area (Å²) in [7, 11) is 0. The molecule has 0 saturated heterocycles. The molecule has 3 unspecified atom stereocenters. The van der Waals surface area contributed by atoms with Crippen LogP contribution in [0.4, 0.5) is 13.2 Å². The highest BCUT2D eigenvalue weighted by molar-refractivity contribution is 8.03. The maximum absolute atomic E-state index is 14.4. The van der Waals surface area contributed by atoms with E-state index >= 15 is 0 Å². The van der Waals surface area contributed by atoms with E-state index in [2.05, 4.69) is 0 Å². The molecule has 2 N–H and O–H groups in total. The van der Waals surface area contributed by atoms with Gasteiger partial charge in [0.05, 0.1) is 39.8 Å². The standard InChI is InChI=1S/C22H18ClF3N2O4S2/c1-2-32-16(29)11-34-20-13(10-27)17(12-6-3-4-7-14(12)23)18(19(30)15-8-5-9-33-15)21(31,28-20)22(24,25)26/h3-9,17-18,28,31H,2,11H2,1H3. The summed E-state index contributed by atoms with van der Waals surface area (Å²) < 4.78 is 48.0. The molecule has 180 valence electrons. The number of ketones is 1. The molecule has 1 aromatic heterocycles. The van der Waals surface area contributed by atoms with Crippen LogP contribution in [0.5, 0.6) is 0 Å². The number of benzene rings is 1. The van der Waals surface area contributed by atoms with Crippen LogP contribution in [0.2, 0.25) is 5.02 Å². The van der Waals surface area contributed by atoms with Gasteiger partial charge in [-0.05, 0) is 30.0 Å². The first-order chi connectivity index (χ1) is 16.0. The predicted molar refractivity (Wildman–Crippen MR) is 122 cm³/mol. The lowest BCUT2D eigenvalue weighted by atomic mass is 9.70. The molecule has 6 nitrogen and oxygen atoms in total. The van der Waals surface area contributed by atoms with Crippen LogP contribution in [0.15, 0.2) is 52.4 Å². The molecule has 0 radical (unpaired) electrons. The fourth-order valence-corrected chi connectivity index (χ4v) is 5.52. The summed E-state index contributed by atoms with van der Waals surface area (Å²) in [5.41, 5.74) is -3.95. The second-order valence-corrected chi connectivity index (χ2v) is 9.50. The Bertz CT molecular complexity index is 1150. The second kappa shape index (κ2) is 10.4. The Morgan fingerprint density at radius 3 is 2.59 bits per heavy atom. The van der Waals surface area contributed by atoms with Gasteiger partial charge in [0.1, 0.15) is 0 Å². The van der Waals surface area contributed by atoms with Crippen LogP contribution in [0.1, 0.15) is 28.1 Å². The number of thioether (sulfide) groups is 1. The zero-order valence-electron chi connectivity index (χ0n) is 17.6. The number of thiophene rings is 1. The number of esters is 1. The Balaban J connectivity index is 2.26. The lowest BCUT2D eigenvalue weighted by Gasteiger charge is -2.45. The molecule has 0 spiro atoms. The summed E-state index contributed by atoms with van der Waals surface area (Å²) in [4.78, 5) is 25.2. The number of halogens is 4. The number of aliphatic hydroxyl groups is 1. The van der Waals surface area contributed by atoms with Gasteiger partial charge in [0.25, 0.3) is 0 Å². The van der Waals surface area contributed by atoms with E-state index in [9.17, 15) is 33.1 Å². The molecule has 0 amide bonds. The zero-order valence-corrected chi connectivity index (χ0v) is 19.9. The number of hydrogen-bond acceptors (Lipinski definition) is 8. The number of nitrogens with zero attached hydrogens (tertiary/aromatic N) is 1. The molecule has 0 bridgehead atoms. The Labute approximate surface area is 206 Å². The molecule has 2 heterocycles. The third kappa shape index (κ3) is 4.95. The summed E-state index contributed by atoms with van der Waals surface area (Å²) in [6, 6.07) is 10.6. The van der Waals surface area contributed by atoms with Crippen LogP contribution >= 0.6 is 34.7 Å². The maximum Gasteiger partial charge on any atom is 0.437 e. The van der Waals surface area contributed by atoms with Gasteiger partial charge >= 0.3 is 12.1 Å². The van der Waals surface area contributed by atoms with Gasteiger partial charge in [0.15, 0.2) is 5.78 Å². The summed E-state index contributed by atoms with van der Waals surface area (Å²) in [5, 5.41) is 24.1. The largest absolute Gasteiger partial charge is 0.465 e. The SMILES string of the molecule is CCOC(=O)CSC1=C(C#N)C(c2ccccc2Cl)C(C(=O)c2cccs2)C(O)(C(F)(F)F)N1. The fraction of sp³-hybridized carbons (Fsp3) is 0.318. The fourth-order valence-electron chi connectivity index (χ4n) is 3.66. The lowest BCUT2D eigenvalue weighted by molar-refractivity contribution is -0.285. The molecular formula is C22H18ClF3N2O4S2. The first kappa shape index (κ1) is 26.1. The second-order valence-electron chi connectivity index (χ2n) is 7.16. The number of Topliss-reactive ketones (excluding diaryl/α,β-unsaturated/α-hetero) is 1. The minimum atomic E-state index is -5.33. The quantitative estimate of drug-likeness (QED) is 0.389. The maximum atomic E-state index is 14.4. The number of rotatable bonds is 7. The highest BCUT2D eigenvalue weighted by atomic mass is 35.5. The van der Waals surface area contributed by atoms with Crippen molar-refractivity contribution < 1.29 is 32.6 Å². The Morgan fingerprint density at radius 2 is 2.03 bits per heavy atom. The number of nitriles is 1. The molecule has 1 aliphatic heterocycles. The monoisotopic (exact) mass is 530 g/mol. The molecule has 3 atom stereocenters. The zero-order chi connectivity index (χ0) is 25.1. The van der Waals surface area contributed by atoms with Gasteiger partial charge in [-0.25, -0.2) is 0 Å². The van der Waals surface area contributed by atoms with Crippen LogP contribution in [-0.4, -0.2) is 41.1 Å². The molecule has 34 heavy (non-hydrogen) atoms. The number of alkyl halides is 3. The molecule has 3 rings (SSSR count). The van der Waals surface area contributed by atoms with Crippen molar-refractivity contribution in [3.8, 4) is 6.07 Å². The van der Waals surface area contributed by atoms with Crippen LogP contribution < -0.4 is 5.32 Å². The van der Waals surface area contributed by atoms with Gasteiger partial charge in [-0.3, -0.25) is 9.59 Å². The Kier molecular flexibility index (Phi) is 7.98. The van der Waals surface area contributed by atoms with Gasteiger partial charge in [0, 0.05) is 10.9 Å². The van der Waals surface area contributed by atoms with Crippen LogP contribution in [-0.2, 0) is 9.53 Å². The van der Waals surface area contributed by atoms with Crippen molar-refractivity contribution in [1.29, 1.82) is 5.26 Å². The van der Waals surface area contributed by atoms with Crippen LogP contribution in [0, 0.1) is 17.2 Å². The van der Waals surface area contributed by atoms with E-state index in [1.165, 1.54) is 35.7 Å².